The van der Waals surface area contributed by atoms with Crippen LogP contribution in [0.5, 0.6) is 5.75 Å². The normalized spacial score (nSPS) is 24.9. The van der Waals surface area contributed by atoms with Crippen LogP contribution in [0.2, 0.25) is 0 Å². The quantitative estimate of drug-likeness (QED) is 0.0374. The van der Waals surface area contributed by atoms with E-state index < -0.39 is 113 Å². The molecule has 0 radical (unpaired) electrons. The molecule has 2 saturated heterocycles. The van der Waals surface area contributed by atoms with Crippen LogP contribution in [-0.4, -0.2) is 157 Å². The lowest BCUT2D eigenvalue weighted by Gasteiger charge is -2.67. The summed E-state index contributed by atoms with van der Waals surface area (Å²) < 4.78 is 43.4. The third kappa shape index (κ3) is 14.2. The molecule has 1 amide bonds. The van der Waals surface area contributed by atoms with E-state index in [4.69, 9.17) is 43.1 Å². The molecule has 3 aliphatic heterocycles. The Labute approximate surface area is 614 Å². The highest BCUT2D eigenvalue weighted by Gasteiger charge is 2.78. The number of hydrogen-bond acceptors (Lipinski definition) is 20. The number of benzene rings is 6. The number of Topliss-reactive ketones (excluding diaryl/α,β-unsaturated/α-hetero) is 1. The fraction of sp³-hybridized carbons (Fsp3) is 0.369. The molecule has 22 heteroatoms. The Balaban J connectivity index is 0.000000198. The number of pyridine rings is 1. The molecule has 0 spiro atoms. The highest BCUT2D eigenvalue weighted by molar-refractivity contribution is 5.97. The van der Waals surface area contributed by atoms with E-state index in [1.54, 1.807) is 98.9 Å². The topological polar surface area (TPSA) is 291 Å². The number of aliphatic hydroxyl groups is 3. The maximum absolute atomic E-state index is 15.5. The van der Waals surface area contributed by atoms with Crippen LogP contribution in [0.3, 0.4) is 0 Å². The number of imidazole rings is 1. The van der Waals surface area contributed by atoms with Gasteiger partial charge in [-0.3, -0.25) is 19.2 Å². The number of esters is 5. The molecule has 11 atom stereocenters. The van der Waals surface area contributed by atoms with Crippen molar-refractivity contribution in [1.29, 1.82) is 0 Å². The molecule has 5 heterocycles. The lowest BCUT2D eigenvalue weighted by Crippen LogP contribution is -2.82. The molecular formula is C84H87N5O17. The van der Waals surface area contributed by atoms with E-state index in [0.29, 0.717) is 24.4 Å². The number of methoxy groups -OCH3 is 1. The van der Waals surface area contributed by atoms with Crippen molar-refractivity contribution in [2.75, 3.05) is 33.4 Å². The lowest BCUT2D eigenvalue weighted by molar-refractivity contribution is -0.346. The summed E-state index contributed by atoms with van der Waals surface area (Å²) >= 11 is 0. The first-order chi connectivity index (χ1) is 50.9. The number of hydrogen-bond donors (Lipinski definition) is 4. The Hall–Kier alpha value is -10.5. The van der Waals surface area contributed by atoms with Gasteiger partial charge in [0.1, 0.15) is 47.8 Å². The summed E-state index contributed by atoms with van der Waals surface area (Å²) in [6.45, 7) is 12.2. The average Bonchev–Trinajstić information content (AvgIpc) is 0.756. The van der Waals surface area contributed by atoms with E-state index in [1.165, 1.54) is 60.9 Å². The van der Waals surface area contributed by atoms with Gasteiger partial charge in [0.25, 0.3) is 5.91 Å². The minimum absolute atomic E-state index is 0.00289. The number of nitrogens with one attached hydrogen (secondary N) is 1. The van der Waals surface area contributed by atoms with Gasteiger partial charge in [0.05, 0.1) is 60.2 Å². The molecule has 0 unspecified atom stereocenters. The van der Waals surface area contributed by atoms with Crippen molar-refractivity contribution in [3.63, 3.8) is 0 Å². The average molecular weight is 1440 g/mol. The van der Waals surface area contributed by atoms with E-state index in [0.717, 1.165) is 87.3 Å². The van der Waals surface area contributed by atoms with Crippen molar-refractivity contribution in [2.24, 2.45) is 16.7 Å². The summed E-state index contributed by atoms with van der Waals surface area (Å²) in [5.41, 5.74) is 1.89. The van der Waals surface area contributed by atoms with Gasteiger partial charge in [-0.05, 0) is 121 Å². The maximum Gasteiger partial charge on any atom is 0.356 e. The number of carbonyl (C=O) groups excluding carboxylic acids is 7. The fourth-order valence-electron chi connectivity index (χ4n) is 16.6. The number of fused-ring (bicyclic) bond motifs is 8. The van der Waals surface area contributed by atoms with Gasteiger partial charge in [-0.25, -0.2) is 24.4 Å². The number of rotatable bonds is 17. The Morgan fingerprint density at radius 2 is 1.40 bits per heavy atom. The number of piperidine rings is 1. The van der Waals surface area contributed by atoms with Crippen LogP contribution in [-0.2, 0) is 73.6 Å². The second-order valence-electron chi connectivity index (χ2n) is 28.9. The van der Waals surface area contributed by atoms with Gasteiger partial charge >= 0.3 is 29.8 Å². The predicted octanol–water partition coefficient (Wildman–Crippen LogP) is 10.2. The molecule has 14 rings (SSSR count). The summed E-state index contributed by atoms with van der Waals surface area (Å²) in [6, 6.07) is 52.3. The number of para-hydroxylation sites is 1. The zero-order valence-electron chi connectivity index (χ0n) is 60.3. The number of amides is 1. The van der Waals surface area contributed by atoms with Crippen molar-refractivity contribution in [3.05, 3.63) is 249 Å². The first-order valence-corrected chi connectivity index (χ1v) is 35.9. The van der Waals surface area contributed by atoms with Gasteiger partial charge in [-0.15, -0.1) is 0 Å². The standard InChI is InChI=1S/C47H51NO14.C37H36N4O3/c1-25-31(60-43(56)36(52)35(28-16-10-7-11-17-28)48-41(54)29-18-12-8-13-19-29)23-47(57)40(61-42(55)30-20-14-9-15-21-30)38-45(6,32(51)22-33-46(38,24-58-33)62-27(3)50)39(53)37(59-26(2)49)34(25)44(47,4)5;1-43-37(42)34-24-38-36-35(32-8-4-2-6-27(32)19-23-41(34)36)29-17-21-40(22-18-29)20-16-26-10-14-31(15-11-26)44-25-30-13-12-28-7-3-5-9-33(28)39-30/h7-21,31-33,35-38,40,51-52,57H,22-24H2,1-6H3,(H,48,54);2-15,24H,16-23,25H2,1H3/t31-,32-,33+,35-,36+,37+,38-,40-,45+,46-,47+;/m0./s1. The number of likely N-dealkylation sites (tertiary alicyclic amines) is 1. The van der Waals surface area contributed by atoms with Gasteiger partial charge < -0.3 is 63.3 Å². The number of ketones is 1. The molecule has 106 heavy (non-hydrogen) atoms. The van der Waals surface area contributed by atoms with Gasteiger partial charge in [0, 0.05) is 74.8 Å². The molecule has 2 saturated carbocycles. The second kappa shape index (κ2) is 30.5. The van der Waals surface area contributed by atoms with E-state index >= 15 is 4.79 Å². The number of aryl methyl sites for hydroxylation is 1. The third-order valence-corrected chi connectivity index (χ3v) is 22.3. The third-order valence-electron chi connectivity index (χ3n) is 22.3. The van der Waals surface area contributed by atoms with Crippen LogP contribution < -0.4 is 10.1 Å². The number of nitrogens with zero attached hydrogens (tertiary/aromatic N) is 4. The van der Waals surface area contributed by atoms with E-state index in [2.05, 4.69) is 70.9 Å². The maximum atomic E-state index is 15.5. The summed E-state index contributed by atoms with van der Waals surface area (Å²) in [6.07, 6.45) is -5.02. The second-order valence-corrected chi connectivity index (χ2v) is 28.9. The first kappa shape index (κ1) is 73.8. The van der Waals surface area contributed by atoms with Crippen LogP contribution in [0.4, 0.5) is 0 Å². The smallest absolute Gasteiger partial charge is 0.356 e. The van der Waals surface area contributed by atoms with Crippen LogP contribution in [0, 0.1) is 16.7 Å². The van der Waals surface area contributed by atoms with Crippen molar-refractivity contribution in [1.82, 2.24) is 24.8 Å². The summed E-state index contributed by atoms with van der Waals surface area (Å²) in [7, 11) is 1.43. The minimum atomic E-state index is -2.39. The minimum Gasteiger partial charge on any atom is -0.487 e. The molecule has 6 aliphatic rings. The van der Waals surface area contributed by atoms with Gasteiger partial charge in [0.2, 0.25) is 0 Å². The van der Waals surface area contributed by atoms with Crippen LogP contribution >= 0.6 is 0 Å². The van der Waals surface area contributed by atoms with Crippen LogP contribution in [0.1, 0.15) is 138 Å². The summed E-state index contributed by atoms with van der Waals surface area (Å²) in [5.74, 6) is -5.44. The zero-order valence-corrected chi connectivity index (χ0v) is 60.3. The summed E-state index contributed by atoms with van der Waals surface area (Å²) in [4.78, 5) is 108. The van der Waals surface area contributed by atoms with Gasteiger partial charge in [-0.1, -0.05) is 147 Å². The number of aromatic nitrogens is 3. The molecule has 4 fully saturated rings. The summed E-state index contributed by atoms with van der Waals surface area (Å²) in [5, 5.41) is 41.4. The van der Waals surface area contributed by atoms with E-state index in [-0.39, 0.29) is 41.3 Å². The molecule has 4 N–H and O–H groups in total. The molecule has 2 bridgehead atoms. The molecule has 550 valence electrons. The molecule has 22 nitrogen and oxygen atoms in total. The number of ether oxygens (including phenoxy) is 7. The largest absolute Gasteiger partial charge is 0.487 e. The lowest BCUT2D eigenvalue weighted by atomic mass is 9.44. The Morgan fingerprint density at radius 3 is 2.07 bits per heavy atom. The molecule has 6 aromatic carbocycles. The van der Waals surface area contributed by atoms with E-state index in [1.807, 2.05) is 28.8 Å². The first-order valence-electron chi connectivity index (χ1n) is 35.9. The highest BCUT2D eigenvalue weighted by Crippen LogP contribution is 2.64. The van der Waals surface area contributed by atoms with Crippen molar-refractivity contribution in [3.8, 4) is 5.75 Å². The predicted molar refractivity (Wildman–Crippen MR) is 389 cm³/mol. The SMILES string of the molecule is CC(=O)O[C@H]1C(=O)[C@@]2(C)[C@H]([C@H](OC(=O)c3ccccc3)[C@]3(O)C[C@H](OC(=O)[C@H](O)[C@@H](NC(=O)c4ccccc4)c4ccccc4)C(C)=C1C3(C)C)[C@]1(OC(C)=O)CO[C@@H]1C[C@@H]2O.COC(=O)c1cnc2n1CCc1ccccc1C2=C1CCN(CCc2ccc(OCc3ccc4ccccc4n3)cc2)CC1. The molecule has 2 aromatic heterocycles. The van der Waals surface area contributed by atoms with E-state index in [9.17, 15) is 44.1 Å². The van der Waals surface area contributed by atoms with Crippen LogP contribution in [0.25, 0.3) is 16.5 Å². The van der Waals surface area contributed by atoms with Crippen molar-refractivity contribution >= 4 is 58.0 Å². The monoisotopic (exact) mass is 1440 g/mol. The Bertz CT molecular complexity index is 4700. The van der Waals surface area contributed by atoms with Gasteiger partial charge in [-0.2, -0.15) is 0 Å². The molecule has 8 aromatic rings. The number of carbonyl (C=O) groups is 7. The number of aliphatic hydroxyl groups excluding tert-OH is 2. The highest BCUT2D eigenvalue weighted by atomic mass is 16.6. The Kier molecular flexibility index (Phi) is 21.3. The Morgan fingerprint density at radius 1 is 0.736 bits per heavy atom. The fourth-order valence-corrected chi connectivity index (χ4v) is 16.6. The van der Waals surface area contributed by atoms with Crippen molar-refractivity contribution < 1.29 is 82.0 Å². The molecular weight excluding hydrogens is 1350 g/mol. The van der Waals surface area contributed by atoms with Crippen molar-refractivity contribution in [2.45, 2.75) is 147 Å². The van der Waals surface area contributed by atoms with Gasteiger partial charge in [0.15, 0.2) is 23.6 Å². The van der Waals surface area contributed by atoms with Crippen LogP contribution in [0.15, 0.2) is 199 Å². The molecule has 3 aliphatic carbocycles. The zero-order chi connectivity index (χ0) is 74.8.